The smallest absolute Gasteiger partial charge is 0.326 e. The van der Waals surface area contributed by atoms with Gasteiger partial charge >= 0.3 is 5.97 Å². The average Bonchev–Trinajstić information content (AvgIpc) is 1.64. The molecule has 0 bridgehead atoms. The Balaban J connectivity index is 1.41. The summed E-state index contributed by atoms with van der Waals surface area (Å²) in [5.74, 6) is -13.9. The first-order valence-corrected chi connectivity index (χ1v) is 31.3. The predicted molar refractivity (Wildman–Crippen MR) is 348 cm³/mol. The molecule has 536 valence electrons. The molecule has 1 aliphatic rings. The van der Waals surface area contributed by atoms with Crippen LogP contribution >= 0.6 is 0 Å². The van der Waals surface area contributed by atoms with Crippen LogP contribution in [0.1, 0.15) is 75.0 Å². The number of hydrogen-bond acceptors (Lipinski definition) is 21. The largest absolute Gasteiger partial charge is 0.508 e. The number of phenolic OH excluding ortho intramolecular Hbond substituents is 2. The number of carboxylic acid groups (broad SMARTS) is 1. The third-order valence-corrected chi connectivity index (χ3v) is 15.2. The molecule has 0 aromatic heterocycles. The molecule has 1 saturated heterocycles. The molecule has 0 saturated carbocycles. The van der Waals surface area contributed by atoms with E-state index < -0.39 is 176 Å². The number of carbonyl (C=O) groups is 13. The first-order valence-electron chi connectivity index (χ1n) is 31.3. The van der Waals surface area contributed by atoms with Crippen molar-refractivity contribution < 1.29 is 93.0 Å². The lowest BCUT2D eigenvalue weighted by atomic mass is 10.0. The van der Waals surface area contributed by atoms with E-state index in [4.69, 9.17) is 28.7 Å². The van der Waals surface area contributed by atoms with Crippen molar-refractivity contribution in [3.63, 3.8) is 0 Å². The molecule has 26 N–H and O–H groups in total. The van der Waals surface area contributed by atoms with Crippen molar-refractivity contribution in [1.82, 2.24) is 58.1 Å². The highest BCUT2D eigenvalue weighted by Crippen LogP contribution is 2.21. The van der Waals surface area contributed by atoms with Crippen LogP contribution in [-0.4, -0.2) is 231 Å². The molecule has 11 atom stereocenters. The summed E-state index contributed by atoms with van der Waals surface area (Å²) in [6.07, 6.45) is -1.96. The molecule has 0 aliphatic carbocycles. The van der Waals surface area contributed by atoms with E-state index in [0.29, 0.717) is 23.1 Å². The number of primary amides is 1. The van der Waals surface area contributed by atoms with Crippen LogP contribution in [0, 0.1) is 0 Å². The van der Waals surface area contributed by atoms with Gasteiger partial charge in [-0.2, -0.15) is 0 Å². The lowest BCUT2D eigenvalue weighted by Gasteiger charge is -2.31. The number of aliphatic imine (C=N–C) groups is 1. The fourth-order valence-electron chi connectivity index (χ4n) is 10.0. The molecule has 36 nitrogen and oxygen atoms in total. The number of aliphatic hydroxyl groups is 3. The predicted octanol–water partition coefficient (Wildman–Crippen LogP) is -7.94. The number of phenols is 2. The van der Waals surface area contributed by atoms with Crippen LogP contribution in [0.25, 0.3) is 0 Å². The van der Waals surface area contributed by atoms with Crippen LogP contribution in [-0.2, 0) is 81.6 Å². The van der Waals surface area contributed by atoms with Crippen LogP contribution in [0.15, 0.2) is 83.9 Å². The normalized spacial score (nSPS) is 15.6. The number of aliphatic hydroxyl groups excluding tert-OH is 3. The molecule has 3 aromatic carbocycles. The van der Waals surface area contributed by atoms with Crippen LogP contribution in [0.5, 0.6) is 11.5 Å². The van der Waals surface area contributed by atoms with Crippen LogP contribution < -0.4 is 81.8 Å². The van der Waals surface area contributed by atoms with Gasteiger partial charge in [0.1, 0.15) is 65.9 Å². The molecule has 12 amide bonds. The molecular formula is C62H89N17O19. The molecule has 1 aliphatic heterocycles. The number of hydrogen-bond donors (Lipinski definition) is 21. The van der Waals surface area contributed by atoms with Crippen LogP contribution in [0.4, 0.5) is 0 Å². The van der Waals surface area contributed by atoms with Crippen molar-refractivity contribution in [2.45, 2.75) is 144 Å². The summed E-state index contributed by atoms with van der Waals surface area (Å²) in [4.78, 5) is 179. The Labute approximate surface area is 562 Å². The van der Waals surface area contributed by atoms with Gasteiger partial charge in [-0.15, -0.1) is 0 Å². The van der Waals surface area contributed by atoms with Gasteiger partial charge in [0.25, 0.3) is 0 Å². The second-order valence-electron chi connectivity index (χ2n) is 23.0. The third kappa shape index (κ3) is 27.3. The number of nitrogens with two attached hydrogens (primary N) is 5. The fraction of sp³-hybridized carbons (Fsp3) is 0.484. The van der Waals surface area contributed by atoms with E-state index in [9.17, 15) is 93.0 Å². The number of unbranched alkanes of at least 4 members (excludes halogenated alkanes) is 1. The lowest BCUT2D eigenvalue weighted by Crippen LogP contribution is -2.60. The minimum absolute atomic E-state index is 0.00691. The molecule has 1 heterocycles. The lowest BCUT2D eigenvalue weighted by molar-refractivity contribution is -0.143. The maximum Gasteiger partial charge on any atom is 0.326 e. The number of aromatic hydroxyl groups is 2. The number of guanidine groups is 1. The number of benzene rings is 3. The minimum Gasteiger partial charge on any atom is -0.508 e. The Morgan fingerprint density at radius 2 is 1.02 bits per heavy atom. The minimum atomic E-state index is -1.79. The number of carbonyl (C=O) groups excluding carboxylic acids is 12. The molecule has 36 heteroatoms. The third-order valence-electron chi connectivity index (χ3n) is 15.2. The van der Waals surface area contributed by atoms with E-state index in [2.05, 4.69) is 58.2 Å². The molecule has 0 unspecified atom stereocenters. The quantitative estimate of drug-likeness (QED) is 0.0143. The SMILES string of the molecule is C[C@@H](O)[C@H](NC(=O)[C@@H]1CCCN1C(=O)[C@H](CCCCN)NC(=O)[C@H](CC(N)=O)NC(=O)[C@H](Cc1ccccc1)NC(=O)[C@@H](N)Cc1ccc(O)cc1)C(=O)NCC(=O)N[C@@H](Cc1ccc(O)cc1)C(=O)NCC(=O)N[C@@H](CO)C(=O)N[C@@H](CO)C(=O)N[C@@H](CCCN=C(N)N)C(=O)O. The first kappa shape index (κ1) is 79.9. The van der Waals surface area contributed by atoms with Gasteiger partial charge in [-0.1, -0.05) is 54.6 Å². The first-order chi connectivity index (χ1) is 46.5. The number of amides is 12. The number of carboxylic acids is 1. The van der Waals surface area contributed by atoms with E-state index in [0.717, 1.165) is 11.8 Å². The van der Waals surface area contributed by atoms with Crippen molar-refractivity contribution in [1.29, 1.82) is 0 Å². The second-order valence-corrected chi connectivity index (χ2v) is 23.0. The fourth-order valence-corrected chi connectivity index (χ4v) is 10.0. The summed E-state index contributed by atoms with van der Waals surface area (Å²) in [7, 11) is 0. The summed E-state index contributed by atoms with van der Waals surface area (Å²) in [6.45, 7) is -2.58. The highest BCUT2D eigenvalue weighted by atomic mass is 16.4. The highest BCUT2D eigenvalue weighted by Gasteiger charge is 2.41. The molecule has 98 heavy (non-hydrogen) atoms. The summed E-state index contributed by atoms with van der Waals surface area (Å²) in [5.41, 5.74) is 29.7. The monoisotopic (exact) mass is 1380 g/mol. The standard InChI is InChI=1S/C62H89N17O19/c1-33(82)51(59(95)70-30-49(86)71-42(27-36-16-20-38(84)21-17-36)53(89)69-29-50(87)72-45(31-80)56(92)77-46(32-81)57(93)74-41(61(97)98)12-7-23-68-62(66)67)78-58(94)47-13-8-24-79(47)60(96)40(11-5-6-22-63)73-55(91)44(28-48(65)85)76-54(90)43(26-34-9-3-2-4-10-34)75-52(88)39(64)25-35-14-18-37(83)19-15-35/h2-4,9-10,14-21,33,39-47,51,80-84H,5-8,11-13,22-32,63-64H2,1H3,(H2,65,85)(H,69,89)(H,70,95)(H,71,86)(H,72,87)(H,73,91)(H,74,93)(H,75,88)(H,76,90)(H,77,92)(H,78,94)(H,97,98)(H4,66,67,68)/t33-,39+,40+,41+,42+,43+,44+,45+,46+,47+,51+/m1/s1. The van der Waals surface area contributed by atoms with Gasteiger partial charge in [-0.05, 0) is 106 Å². The topological polar surface area (TPSA) is 609 Å². The van der Waals surface area contributed by atoms with Gasteiger partial charge in [0, 0.05) is 25.9 Å². The highest BCUT2D eigenvalue weighted by molar-refractivity contribution is 6.00. The van der Waals surface area contributed by atoms with Gasteiger partial charge in [-0.3, -0.25) is 62.5 Å². The van der Waals surface area contributed by atoms with Crippen molar-refractivity contribution in [2.24, 2.45) is 33.7 Å². The Morgan fingerprint density at radius 1 is 0.551 bits per heavy atom. The molecular weight excluding hydrogens is 1290 g/mol. The number of nitrogens with zero attached hydrogens (tertiary/aromatic N) is 2. The van der Waals surface area contributed by atoms with Crippen molar-refractivity contribution in [2.75, 3.05) is 45.9 Å². The number of aliphatic carboxylic acids is 1. The van der Waals surface area contributed by atoms with Gasteiger partial charge < -0.3 is 117 Å². The van der Waals surface area contributed by atoms with Crippen molar-refractivity contribution in [3.05, 3.63) is 95.6 Å². The average molecular weight is 1380 g/mol. The molecule has 0 spiro atoms. The van der Waals surface area contributed by atoms with E-state index >= 15 is 0 Å². The van der Waals surface area contributed by atoms with E-state index in [1.807, 2.05) is 0 Å². The Hall–Kier alpha value is -10.6. The van der Waals surface area contributed by atoms with E-state index in [1.165, 1.54) is 36.4 Å². The van der Waals surface area contributed by atoms with Gasteiger partial charge in [0.15, 0.2) is 5.96 Å². The summed E-state index contributed by atoms with van der Waals surface area (Å²) in [5, 5.41) is 83.1. The Morgan fingerprint density at radius 3 is 1.56 bits per heavy atom. The van der Waals surface area contributed by atoms with Gasteiger partial charge in [0.2, 0.25) is 70.9 Å². The molecule has 3 aromatic rings. The summed E-state index contributed by atoms with van der Waals surface area (Å²) in [6, 6.07) is 4.52. The van der Waals surface area contributed by atoms with E-state index in [1.54, 1.807) is 42.5 Å². The maximum absolute atomic E-state index is 14.5. The zero-order chi connectivity index (χ0) is 72.6. The summed E-state index contributed by atoms with van der Waals surface area (Å²) < 4.78 is 0. The van der Waals surface area contributed by atoms with E-state index in [-0.39, 0.29) is 94.9 Å². The van der Waals surface area contributed by atoms with Gasteiger partial charge in [-0.25, -0.2) is 4.79 Å². The van der Waals surface area contributed by atoms with Gasteiger partial charge in [0.05, 0.1) is 44.9 Å². The Bertz CT molecular complexity index is 3250. The number of likely N-dealkylation sites (tertiary alicyclic amines) is 1. The van der Waals surface area contributed by atoms with Crippen molar-refractivity contribution >= 4 is 82.8 Å². The zero-order valence-corrected chi connectivity index (χ0v) is 53.9. The number of nitrogens with one attached hydrogen (secondary N) is 10. The zero-order valence-electron chi connectivity index (χ0n) is 53.9. The second kappa shape index (κ2) is 40.7. The maximum atomic E-state index is 14.5. The Kier molecular flexibility index (Phi) is 33.2. The van der Waals surface area contributed by atoms with Crippen LogP contribution in [0.2, 0.25) is 0 Å². The molecule has 4 rings (SSSR count). The number of rotatable bonds is 41. The summed E-state index contributed by atoms with van der Waals surface area (Å²) >= 11 is 0. The van der Waals surface area contributed by atoms with Crippen LogP contribution in [0.3, 0.4) is 0 Å². The molecule has 1 fully saturated rings. The van der Waals surface area contributed by atoms with Crippen molar-refractivity contribution in [3.8, 4) is 11.5 Å². The molecule has 0 radical (unpaired) electrons.